The molecule has 98 valence electrons. The summed E-state index contributed by atoms with van der Waals surface area (Å²) < 4.78 is 0. The van der Waals surface area contributed by atoms with E-state index in [9.17, 15) is 4.79 Å². The van der Waals surface area contributed by atoms with Crippen molar-refractivity contribution in [3.8, 4) is 0 Å². The van der Waals surface area contributed by atoms with E-state index in [-0.39, 0.29) is 11.9 Å². The maximum absolute atomic E-state index is 12.1. The number of nitrogens with two attached hydrogens (primary N) is 1. The van der Waals surface area contributed by atoms with Gasteiger partial charge in [0.15, 0.2) is 0 Å². The van der Waals surface area contributed by atoms with Gasteiger partial charge in [-0.2, -0.15) is 0 Å². The first-order valence-corrected chi connectivity index (χ1v) is 6.71. The molecular weight excluding hydrogens is 224 g/mol. The number of nitrogens with one attached hydrogen (secondary N) is 1. The molecule has 3 heteroatoms. The Labute approximate surface area is 109 Å². The molecule has 0 heterocycles. The normalized spacial score (nSPS) is 18.8. The van der Waals surface area contributed by atoms with Gasteiger partial charge in [-0.3, -0.25) is 4.79 Å². The summed E-state index contributed by atoms with van der Waals surface area (Å²) in [6, 6.07) is 8.37. The molecule has 2 rings (SSSR count). The van der Waals surface area contributed by atoms with Crippen molar-refractivity contribution in [1.82, 2.24) is 5.32 Å². The van der Waals surface area contributed by atoms with E-state index in [0.29, 0.717) is 0 Å². The van der Waals surface area contributed by atoms with Gasteiger partial charge in [0.2, 0.25) is 5.91 Å². The third kappa shape index (κ3) is 2.56. The minimum absolute atomic E-state index is 0.00109. The van der Waals surface area contributed by atoms with Crippen molar-refractivity contribution in [3.05, 3.63) is 35.4 Å². The van der Waals surface area contributed by atoms with Gasteiger partial charge in [0.25, 0.3) is 0 Å². The minimum Gasteiger partial charge on any atom is -0.348 e. The van der Waals surface area contributed by atoms with Crippen LogP contribution in [0.2, 0.25) is 0 Å². The Kier molecular flexibility index (Phi) is 3.71. The first-order chi connectivity index (χ1) is 8.55. The molecule has 0 aromatic heterocycles. The summed E-state index contributed by atoms with van der Waals surface area (Å²) in [4.78, 5) is 12.1. The van der Waals surface area contributed by atoms with E-state index in [1.165, 1.54) is 5.56 Å². The van der Waals surface area contributed by atoms with Crippen LogP contribution in [0.15, 0.2) is 24.3 Å². The monoisotopic (exact) mass is 246 g/mol. The van der Waals surface area contributed by atoms with Crippen molar-refractivity contribution in [3.63, 3.8) is 0 Å². The van der Waals surface area contributed by atoms with Gasteiger partial charge in [-0.15, -0.1) is 0 Å². The molecule has 3 nitrogen and oxygen atoms in total. The number of amides is 1. The summed E-state index contributed by atoms with van der Waals surface area (Å²) in [5.41, 5.74) is 7.81. The molecule has 1 aliphatic rings. The van der Waals surface area contributed by atoms with E-state index < -0.39 is 5.54 Å². The van der Waals surface area contributed by atoms with Gasteiger partial charge in [0.1, 0.15) is 0 Å². The molecule has 0 bridgehead atoms. The number of benzene rings is 1. The molecule has 1 unspecified atom stereocenters. The summed E-state index contributed by atoms with van der Waals surface area (Å²) >= 11 is 0. The van der Waals surface area contributed by atoms with E-state index in [2.05, 4.69) is 43.4 Å². The van der Waals surface area contributed by atoms with Gasteiger partial charge < -0.3 is 11.1 Å². The van der Waals surface area contributed by atoms with Gasteiger partial charge in [0.05, 0.1) is 11.6 Å². The van der Waals surface area contributed by atoms with Crippen molar-refractivity contribution >= 4 is 5.91 Å². The average molecular weight is 246 g/mol. The van der Waals surface area contributed by atoms with Crippen LogP contribution in [0, 0.1) is 6.92 Å². The summed E-state index contributed by atoms with van der Waals surface area (Å²) in [6.45, 7) is 4.14. The van der Waals surface area contributed by atoms with Gasteiger partial charge >= 0.3 is 0 Å². The van der Waals surface area contributed by atoms with Crippen LogP contribution in [0.25, 0.3) is 0 Å². The van der Waals surface area contributed by atoms with Gasteiger partial charge in [-0.1, -0.05) is 36.8 Å². The zero-order valence-corrected chi connectivity index (χ0v) is 11.2. The topological polar surface area (TPSA) is 55.1 Å². The Morgan fingerprint density at radius 2 is 2.00 bits per heavy atom. The molecule has 0 radical (unpaired) electrons. The van der Waals surface area contributed by atoms with Gasteiger partial charge in [-0.05, 0) is 38.2 Å². The van der Waals surface area contributed by atoms with E-state index in [1.807, 2.05) is 0 Å². The molecule has 0 saturated heterocycles. The molecule has 18 heavy (non-hydrogen) atoms. The maximum Gasteiger partial charge on any atom is 0.240 e. The summed E-state index contributed by atoms with van der Waals surface area (Å²) in [5, 5.41) is 3.08. The second kappa shape index (κ2) is 5.11. The number of carbonyl (C=O) groups excluding carboxylic acids is 1. The average Bonchev–Trinajstić information content (AvgIpc) is 2.34. The highest BCUT2D eigenvalue weighted by atomic mass is 16.2. The second-order valence-corrected chi connectivity index (χ2v) is 5.35. The van der Waals surface area contributed by atoms with Crippen molar-refractivity contribution < 1.29 is 4.79 Å². The Morgan fingerprint density at radius 3 is 2.44 bits per heavy atom. The molecule has 1 aromatic rings. The highest BCUT2D eigenvalue weighted by Crippen LogP contribution is 2.30. The molecule has 1 fully saturated rings. The van der Waals surface area contributed by atoms with Gasteiger partial charge in [0, 0.05) is 0 Å². The third-order valence-electron chi connectivity index (χ3n) is 3.89. The second-order valence-electron chi connectivity index (χ2n) is 5.35. The standard InChI is InChI=1S/C15H22N2O/c1-3-13(12-7-5-11(2)6-8-12)17-14(18)15(16)9-4-10-15/h5-8,13H,3-4,9-10,16H2,1-2H3,(H,17,18). The van der Waals surface area contributed by atoms with Crippen molar-refractivity contribution in [1.29, 1.82) is 0 Å². The van der Waals surface area contributed by atoms with E-state index in [4.69, 9.17) is 5.73 Å². The molecule has 1 aliphatic carbocycles. The van der Waals surface area contributed by atoms with Crippen LogP contribution in [-0.4, -0.2) is 11.4 Å². The van der Waals surface area contributed by atoms with E-state index in [1.54, 1.807) is 0 Å². The van der Waals surface area contributed by atoms with Crippen molar-refractivity contribution in [2.75, 3.05) is 0 Å². The molecule has 3 N–H and O–H groups in total. The van der Waals surface area contributed by atoms with Crippen molar-refractivity contribution in [2.24, 2.45) is 5.73 Å². The third-order valence-corrected chi connectivity index (χ3v) is 3.89. The maximum atomic E-state index is 12.1. The van der Waals surface area contributed by atoms with Crippen LogP contribution in [0.5, 0.6) is 0 Å². The van der Waals surface area contributed by atoms with Crippen LogP contribution in [0.3, 0.4) is 0 Å². The molecular formula is C15H22N2O. The SMILES string of the molecule is CCC(NC(=O)C1(N)CCC1)c1ccc(C)cc1. The number of aryl methyl sites for hydroxylation is 1. The van der Waals surface area contributed by atoms with Crippen LogP contribution < -0.4 is 11.1 Å². The van der Waals surface area contributed by atoms with E-state index >= 15 is 0 Å². The highest BCUT2D eigenvalue weighted by Gasteiger charge is 2.40. The Hall–Kier alpha value is -1.35. The zero-order chi connectivity index (χ0) is 13.2. The van der Waals surface area contributed by atoms with E-state index in [0.717, 1.165) is 31.2 Å². The highest BCUT2D eigenvalue weighted by molar-refractivity contribution is 5.87. The quantitative estimate of drug-likeness (QED) is 0.857. The Morgan fingerprint density at radius 1 is 1.39 bits per heavy atom. The van der Waals surface area contributed by atoms with Gasteiger partial charge in [-0.25, -0.2) is 0 Å². The molecule has 1 aromatic carbocycles. The lowest BCUT2D eigenvalue weighted by Crippen LogP contribution is -2.58. The Balaban J connectivity index is 2.05. The first kappa shape index (κ1) is 13.1. The predicted molar refractivity (Wildman–Crippen MR) is 73.1 cm³/mol. The summed E-state index contributed by atoms with van der Waals surface area (Å²) in [5.74, 6) is 0.00109. The molecule has 1 atom stereocenters. The minimum atomic E-state index is -0.613. The number of hydrogen-bond acceptors (Lipinski definition) is 2. The summed E-state index contributed by atoms with van der Waals surface area (Å²) in [7, 11) is 0. The summed E-state index contributed by atoms with van der Waals surface area (Å²) in [6.07, 6.45) is 3.56. The lowest BCUT2D eigenvalue weighted by Gasteiger charge is -2.37. The first-order valence-electron chi connectivity index (χ1n) is 6.71. The van der Waals surface area contributed by atoms with Crippen molar-refractivity contribution in [2.45, 2.75) is 51.1 Å². The zero-order valence-electron chi connectivity index (χ0n) is 11.2. The van der Waals surface area contributed by atoms with Crippen LogP contribution >= 0.6 is 0 Å². The van der Waals surface area contributed by atoms with Crippen LogP contribution in [0.4, 0.5) is 0 Å². The number of carbonyl (C=O) groups is 1. The number of hydrogen-bond donors (Lipinski definition) is 2. The molecule has 0 aliphatic heterocycles. The lowest BCUT2D eigenvalue weighted by molar-refractivity contribution is -0.130. The fourth-order valence-electron chi connectivity index (χ4n) is 2.31. The Bertz CT molecular complexity index is 421. The number of rotatable bonds is 4. The molecule has 0 spiro atoms. The fraction of sp³-hybridized carbons (Fsp3) is 0.533. The lowest BCUT2D eigenvalue weighted by atomic mass is 9.77. The molecule has 1 amide bonds. The fourth-order valence-corrected chi connectivity index (χ4v) is 2.31. The molecule has 1 saturated carbocycles. The van der Waals surface area contributed by atoms with Crippen LogP contribution in [0.1, 0.15) is 49.8 Å². The largest absolute Gasteiger partial charge is 0.348 e. The smallest absolute Gasteiger partial charge is 0.240 e. The van der Waals surface area contributed by atoms with Crippen LogP contribution in [-0.2, 0) is 4.79 Å². The predicted octanol–water partition coefficient (Wildman–Crippen LogP) is 2.44.